The van der Waals surface area contributed by atoms with Gasteiger partial charge in [0, 0.05) is 37.1 Å². The first-order valence-electron chi connectivity index (χ1n) is 12.6. The SMILES string of the molecule is CN1CCC2CCN(c3nc(NC4CCCNC4)c(-c4ccc5ccccc5n4)c(=O)[nH]3)C2C1. The number of nitrogens with one attached hydrogen (secondary N) is 3. The lowest BCUT2D eigenvalue weighted by Crippen LogP contribution is -2.47. The molecule has 8 nitrogen and oxygen atoms in total. The molecule has 0 saturated carbocycles. The second-order valence-corrected chi connectivity index (χ2v) is 10.1. The number of aromatic amines is 1. The molecule has 3 fully saturated rings. The molecule has 3 aromatic rings. The minimum absolute atomic E-state index is 0.133. The molecule has 1 aromatic carbocycles. The smallest absolute Gasteiger partial charge is 0.263 e. The molecule has 6 rings (SSSR count). The molecule has 3 unspecified atom stereocenters. The van der Waals surface area contributed by atoms with Crippen molar-refractivity contribution < 1.29 is 0 Å². The fourth-order valence-corrected chi connectivity index (χ4v) is 5.87. The highest BCUT2D eigenvalue weighted by Gasteiger charge is 2.39. The summed E-state index contributed by atoms with van der Waals surface area (Å²) in [4.78, 5) is 31.3. The monoisotopic (exact) mass is 459 g/mol. The van der Waals surface area contributed by atoms with Crippen LogP contribution in [0.4, 0.5) is 11.8 Å². The Morgan fingerprint density at radius 1 is 1.06 bits per heavy atom. The first-order chi connectivity index (χ1) is 16.7. The van der Waals surface area contributed by atoms with Crippen LogP contribution in [0, 0.1) is 5.92 Å². The number of hydrogen-bond acceptors (Lipinski definition) is 7. The highest BCUT2D eigenvalue weighted by molar-refractivity contribution is 5.83. The number of pyridine rings is 1. The standard InChI is InChI=1S/C26H33N7O/c1-32-13-10-18-11-14-33(22(18)16-32)26-30-24(28-19-6-4-12-27-15-19)23(25(34)31-26)21-9-8-17-5-2-3-7-20(17)29-21/h2-3,5,7-9,18-19,22,27H,4,6,10-16H2,1H3,(H2,28,30,31,34). The number of likely N-dealkylation sites (N-methyl/N-ethyl adjacent to an activating group) is 1. The molecule has 2 aromatic heterocycles. The summed E-state index contributed by atoms with van der Waals surface area (Å²) < 4.78 is 0. The summed E-state index contributed by atoms with van der Waals surface area (Å²) in [5.41, 5.74) is 1.92. The summed E-state index contributed by atoms with van der Waals surface area (Å²) in [7, 11) is 2.18. The van der Waals surface area contributed by atoms with Crippen molar-refractivity contribution in [3.8, 4) is 11.3 Å². The summed E-state index contributed by atoms with van der Waals surface area (Å²) in [5.74, 6) is 1.99. The van der Waals surface area contributed by atoms with Crippen LogP contribution >= 0.6 is 0 Å². The minimum Gasteiger partial charge on any atom is -0.365 e. The van der Waals surface area contributed by atoms with Crippen molar-refractivity contribution in [2.24, 2.45) is 5.92 Å². The number of rotatable bonds is 4. The fourth-order valence-electron chi connectivity index (χ4n) is 5.87. The van der Waals surface area contributed by atoms with Gasteiger partial charge < -0.3 is 20.4 Å². The van der Waals surface area contributed by atoms with Crippen LogP contribution in [0.3, 0.4) is 0 Å². The summed E-state index contributed by atoms with van der Waals surface area (Å²) in [5, 5.41) is 8.13. The van der Waals surface area contributed by atoms with Gasteiger partial charge in [0.25, 0.3) is 5.56 Å². The number of hydrogen-bond donors (Lipinski definition) is 3. The van der Waals surface area contributed by atoms with E-state index in [0.717, 1.165) is 62.9 Å². The number of nitrogens with zero attached hydrogens (tertiary/aromatic N) is 4. The molecule has 5 heterocycles. The van der Waals surface area contributed by atoms with Crippen LogP contribution in [0.2, 0.25) is 0 Å². The van der Waals surface area contributed by atoms with Crippen molar-refractivity contribution in [3.63, 3.8) is 0 Å². The van der Waals surface area contributed by atoms with Crippen molar-refractivity contribution in [1.82, 2.24) is 25.2 Å². The summed E-state index contributed by atoms with van der Waals surface area (Å²) >= 11 is 0. The molecule has 3 atom stereocenters. The molecular formula is C26H33N7O. The van der Waals surface area contributed by atoms with E-state index in [1.54, 1.807) is 0 Å². The lowest BCUT2D eigenvalue weighted by atomic mass is 9.92. The van der Waals surface area contributed by atoms with Gasteiger partial charge in [-0.3, -0.25) is 9.78 Å². The van der Waals surface area contributed by atoms with Gasteiger partial charge in [0.1, 0.15) is 11.4 Å². The number of aromatic nitrogens is 3. The number of likely N-dealkylation sites (tertiary alicyclic amines) is 1. The number of fused-ring (bicyclic) bond motifs is 2. The van der Waals surface area contributed by atoms with Gasteiger partial charge in [-0.1, -0.05) is 24.3 Å². The predicted octanol–water partition coefficient (Wildman–Crippen LogP) is 2.68. The maximum Gasteiger partial charge on any atom is 0.263 e. The van der Waals surface area contributed by atoms with Gasteiger partial charge in [0.2, 0.25) is 5.95 Å². The molecule has 3 N–H and O–H groups in total. The average molecular weight is 460 g/mol. The Morgan fingerprint density at radius 3 is 2.82 bits per heavy atom. The van der Waals surface area contributed by atoms with Crippen molar-refractivity contribution in [1.29, 1.82) is 0 Å². The van der Waals surface area contributed by atoms with Gasteiger partial charge in [0.15, 0.2) is 0 Å². The van der Waals surface area contributed by atoms with E-state index in [9.17, 15) is 4.79 Å². The number of piperidine rings is 2. The first-order valence-corrected chi connectivity index (χ1v) is 12.6. The highest BCUT2D eigenvalue weighted by atomic mass is 16.1. The Hall–Kier alpha value is -2.97. The summed E-state index contributed by atoms with van der Waals surface area (Å²) in [6.07, 6.45) is 4.53. The fraction of sp³-hybridized carbons (Fsp3) is 0.500. The van der Waals surface area contributed by atoms with Crippen molar-refractivity contribution in [2.75, 3.05) is 50.0 Å². The van der Waals surface area contributed by atoms with Crippen molar-refractivity contribution >= 4 is 22.7 Å². The lowest BCUT2D eigenvalue weighted by Gasteiger charge is -2.37. The molecule has 8 heteroatoms. The maximum absolute atomic E-state index is 13.6. The molecule has 34 heavy (non-hydrogen) atoms. The Labute approximate surface area is 199 Å². The van der Waals surface area contributed by atoms with E-state index >= 15 is 0 Å². The minimum atomic E-state index is -0.133. The largest absolute Gasteiger partial charge is 0.365 e. The normalized spacial score (nSPS) is 25.4. The third kappa shape index (κ3) is 4.05. The molecular weight excluding hydrogens is 426 g/mol. The van der Waals surface area contributed by atoms with Gasteiger partial charge in [-0.2, -0.15) is 4.98 Å². The number of anilines is 2. The zero-order valence-corrected chi connectivity index (χ0v) is 19.8. The Kier molecular flexibility index (Phi) is 5.71. The number of benzene rings is 1. The predicted molar refractivity (Wildman–Crippen MR) is 136 cm³/mol. The van der Waals surface area contributed by atoms with Crippen LogP contribution < -0.4 is 21.1 Å². The molecule has 0 bridgehead atoms. The highest BCUT2D eigenvalue weighted by Crippen LogP contribution is 2.34. The summed E-state index contributed by atoms with van der Waals surface area (Å²) in [6, 6.07) is 12.6. The summed E-state index contributed by atoms with van der Waals surface area (Å²) in [6.45, 7) is 5.00. The van der Waals surface area contributed by atoms with E-state index in [2.05, 4.69) is 32.5 Å². The molecule has 3 aliphatic heterocycles. The van der Waals surface area contributed by atoms with Crippen LogP contribution in [0.1, 0.15) is 25.7 Å². The van der Waals surface area contributed by atoms with Crippen molar-refractivity contribution in [3.05, 3.63) is 46.8 Å². The van der Waals surface area contributed by atoms with E-state index in [-0.39, 0.29) is 11.6 Å². The van der Waals surface area contributed by atoms with Crippen LogP contribution in [0.5, 0.6) is 0 Å². The maximum atomic E-state index is 13.6. The lowest BCUT2D eigenvalue weighted by molar-refractivity contribution is 0.207. The van der Waals surface area contributed by atoms with Crippen molar-refractivity contribution in [2.45, 2.75) is 37.8 Å². The van der Waals surface area contributed by atoms with Crippen LogP contribution in [0.15, 0.2) is 41.2 Å². The zero-order chi connectivity index (χ0) is 23.1. The van der Waals surface area contributed by atoms with E-state index in [1.807, 2.05) is 36.4 Å². The van der Waals surface area contributed by atoms with E-state index < -0.39 is 0 Å². The van der Waals surface area contributed by atoms with Gasteiger partial charge >= 0.3 is 0 Å². The van der Waals surface area contributed by atoms with Crippen LogP contribution in [-0.2, 0) is 0 Å². The Bertz CT molecular complexity index is 1240. The van der Waals surface area contributed by atoms with Gasteiger partial charge in [0.05, 0.1) is 11.2 Å². The second kappa shape index (κ2) is 9.00. The number of para-hydroxylation sites is 1. The van der Waals surface area contributed by atoms with Crippen LogP contribution in [0.25, 0.3) is 22.2 Å². The van der Waals surface area contributed by atoms with Gasteiger partial charge in [-0.25, -0.2) is 4.98 Å². The molecule has 0 aliphatic carbocycles. The topological polar surface area (TPSA) is 89.2 Å². The van der Waals surface area contributed by atoms with E-state index in [4.69, 9.17) is 9.97 Å². The molecule has 0 amide bonds. The van der Waals surface area contributed by atoms with E-state index in [1.165, 1.54) is 6.42 Å². The first kappa shape index (κ1) is 21.6. The van der Waals surface area contributed by atoms with Gasteiger partial charge in [-0.05, 0) is 63.9 Å². The molecule has 3 aliphatic rings. The van der Waals surface area contributed by atoms with Gasteiger partial charge in [-0.15, -0.1) is 0 Å². The molecule has 0 radical (unpaired) electrons. The van der Waals surface area contributed by atoms with E-state index in [0.29, 0.717) is 35.0 Å². The number of H-pyrrole nitrogens is 1. The quantitative estimate of drug-likeness (QED) is 0.553. The average Bonchev–Trinajstić information content (AvgIpc) is 3.27. The van der Waals surface area contributed by atoms with Crippen LogP contribution in [-0.4, -0.2) is 71.7 Å². The Morgan fingerprint density at radius 2 is 1.94 bits per heavy atom. The molecule has 3 saturated heterocycles. The second-order valence-electron chi connectivity index (χ2n) is 10.1. The third-order valence-electron chi connectivity index (χ3n) is 7.74. The molecule has 178 valence electrons. The zero-order valence-electron chi connectivity index (χ0n) is 19.8. The Balaban J connectivity index is 1.42. The molecule has 0 spiro atoms. The third-order valence-corrected chi connectivity index (χ3v) is 7.74.